The van der Waals surface area contributed by atoms with E-state index in [1.54, 1.807) is 0 Å². The molecular formula is C11H13BO2. The van der Waals surface area contributed by atoms with E-state index < -0.39 is 7.12 Å². The van der Waals surface area contributed by atoms with Crippen molar-refractivity contribution in [2.75, 3.05) is 0 Å². The van der Waals surface area contributed by atoms with Crippen LogP contribution in [0.5, 0.6) is 0 Å². The number of hydrogen-bond donors (Lipinski definition) is 2. The van der Waals surface area contributed by atoms with Crippen LogP contribution in [0.25, 0.3) is 0 Å². The van der Waals surface area contributed by atoms with E-state index in [2.05, 4.69) is 6.07 Å². The molecular weight excluding hydrogens is 175 g/mol. The normalized spacial score (nSPS) is 21.0. The fraction of sp³-hybridized carbons (Fsp3) is 0.455. The van der Waals surface area contributed by atoms with Gasteiger partial charge in [-0.15, -0.1) is 0 Å². The van der Waals surface area contributed by atoms with Gasteiger partial charge in [0.05, 0.1) is 0 Å². The van der Waals surface area contributed by atoms with E-state index in [0.29, 0.717) is 5.41 Å². The molecule has 1 aromatic rings. The first-order valence-electron chi connectivity index (χ1n) is 5.21. The first-order valence-corrected chi connectivity index (χ1v) is 5.21. The van der Waals surface area contributed by atoms with E-state index in [9.17, 15) is 10.0 Å². The maximum atomic E-state index is 9.30. The largest absolute Gasteiger partial charge is 0.488 e. The van der Waals surface area contributed by atoms with Crippen LogP contribution in [0.3, 0.4) is 0 Å². The fourth-order valence-corrected chi connectivity index (χ4v) is 2.84. The van der Waals surface area contributed by atoms with Gasteiger partial charge < -0.3 is 10.0 Å². The second kappa shape index (κ2) is 2.62. The lowest BCUT2D eigenvalue weighted by Gasteiger charge is -2.13. The van der Waals surface area contributed by atoms with Gasteiger partial charge >= 0.3 is 7.12 Å². The molecule has 3 rings (SSSR count). The third kappa shape index (κ3) is 0.997. The summed E-state index contributed by atoms with van der Waals surface area (Å²) < 4.78 is 0. The molecule has 0 heterocycles. The van der Waals surface area contributed by atoms with E-state index in [1.165, 1.54) is 30.4 Å². The summed E-state index contributed by atoms with van der Waals surface area (Å²) in [5, 5.41) is 18.6. The third-order valence-electron chi connectivity index (χ3n) is 3.72. The van der Waals surface area contributed by atoms with Gasteiger partial charge in [0.2, 0.25) is 0 Å². The van der Waals surface area contributed by atoms with Crippen LogP contribution in [0, 0.1) is 0 Å². The highest BCUT2D eigenvalue weighted by molar-refractivity contribution is 6.59. The number of benzene rings is 1. The number of rotatable bonds is 1. The first kappa shape index (κ1) is 8.51. The zero-order valence-corrected chi connectivity index (χ0v) is 8.03. The van der Waals surface area contributed by atoms with Crippen LogP contribution in [0.1, 0.15) is 30.4 Å². The van der Waals surface area contributed by atoms with Crippen LogP contribution in [-0.4, -0.2) is 17.2 Å². The lowest BCUT2D eigenvalue weighted by Crippen LogP contribution is -2.35. The standard InChI is InChI=1S/C11H13BO2/c13-12(14)9-3-1-2-8-4-5-11(6-7-11)10(8)9/h1-3,13-14H,4-7H2. The molecule has 2 nitrogen and oxygen atoms in total. The van der Waals surface area contributed by atoms with Crippen molar-refractivity contribution in [2.24, 2.45) is 0 Å². The predicted molar refractivity (Wildman–Crippen MR) is 55.5 cm³/mol. The van der Waals surface area contributed by atoms with Crippen molar-refractivity contribution in [3.05, 3.63) is 29.3 Å². The average molecular weight is 188 g/mol. The van der Waals surface area contributed by atoms with E-state index in [1.807, 2.05) is 12.1 Å². The summed E-state index contributed by atoms with van der Waals surface area (Å²) in [5.74, 6) is 0. The summed E-state index contributed by atoms with van der Waals surface area (Å²) in [4.78, 5) is 0. The quantitative estimate of drug-likeness (QED) is 0.624. The molecule has 72 valence electrons. The van der Waals surface area contributed by atoms with E-state index in [0.717, 1.165) is 11.9 Å². The Morgan fingerprint density at radius 1 is 1.14 bits per heavy atom. The summed E-state index contributed by atoms with van der Waals surface area (Å²) >= 11 is 0. The van der Waals surface area contributed by atoms with Crippen molar-refractivity contribution in [1.82, 2.24) is 0 Å². The van der Waals surface area contributed by atoms with E-state index in [4.69, 9.17) is 0 Å². The Morgan fingerprint density at radius 2 is 1.93 bits per heavy atom. The molecule has 0 unspecified atom stereocenters. The van der Waals surface area contributed by atoms with Crippen LogP contribution >= 0.6 is 0 Å². The van der Waals surface area contributed by atoms with Gasteiger partial charge in [0, 0.05) is 0 Å². The Balaban J connectivity index is 2.19. The molecule has 1 spiro atoms. The second-order valence-electron chi connectivity index (χ2n) is 4.54. The maximum Gasteiger partial charge on any atom is 0.488 e. The van der Waals surface area contributed by atoms with Gasteiger partial charge in [-0.05, 0) is 47.7 Å². The number of fused-ring (bicyclic) bond motifs is 2. The van der Waals surface area contributed by atoms with Crippen LogP contribution in [0.4, 0.5) is 0 Å². The van der Waals surface area contributed by atoms with Crippen LogP contribution in [0.2, 0.25) is 0 Å². The van der Waals surface area contributed by atoms with Crippen molar-refractivity contribution in [1.29, 1.82) is 0 Å². The highest BCUT2D eigenvalue weighted by Crippen LogP contribution is 2.55. The highest BCUT2D eigenvalue weighted by atomic mass is 16.4. The van der Waals surface area contributed by atoms with Gasteiger partial charge in [-0.2, -0.15) is 0 Å². The molecule has 1 saturated carbocycles. The molecule has 0 bridgehead atoms. The Morgan fingerprint density at radius 3 is 2.57 bits per heavy atom. The molecule has 0 saturated heterocycles. The van der Waals surface area contributed by atoms with Crippen LogP contribution < -0.4 is 5.46 Å². The molecule has 0 atom stereocenters. The summed E-state index contributed by atoms with van der Waals surface area (Å²) in [7, 11) is -1.31. The second-order valence-corrected chi connectivity index (χ2v) is 4.54. The smallest absolute Gasteiger partial charge is 0.423 e. The highest BCUT2D eigenvalue weighted by Gasteiger charge is 2.50. The van der Waals surface area contributed by atoms with Crippen molar-refractivity contribution in [2.45, 2.75) is 31.1 Å². The number of aryl methyl sites for hydroxylation is 1. The molecule has 1 aromatic carbocycles. The molecule has 2 N–H and O–H groups in total. The minimum atomic E-state index is -1.31. The SMILES string of the molecule is OB(O)c1cccc2c1C1(CC2)CC1. The lowest BCUT2D eigenvalue weighted by molar-refractivity contribution is 0.425. The van der Waals surface area contributed by atoms with Crippen molar-refractivity contribution in [3.63, 3.8) is 0 Å². The van der Waals surface area contributed by atoms with Crippen molar-refractivity contribution in [3.8, 4) is 0 Å². The molecule has 0 aliphatic heterocycles. The van der Waals surface area contributed by atoms with Crippen molar-refractivity contribution < 1.29 is 10.0 Å². The van der Waals surface area contributed by atoms with Gasteiger partial charge in [0.25, 0.3) is 0 Å². The fourth-order valence-electron chi connectivity index (χ4n) is 2.84. The topological polar surface area (TPSA) is 40.5 Å². The Hall–Kier alpha value is -0.795. The van der Waals surface area contributed by atoms with Gasteiger partial charge in [0.1, 0.15) is 0 Å². The Bertz CT molecular complexity index is 383. The minimum absolute atomic E-state index is 0.329. The van der Waals surface area contributed by atoms with Crippen molar-refractivity contribution >= 4 is 12.6 Å². The van der Waals surface area contributed by atoms with Gasteiger partial charge in [0.15, 0.2) is 0 Å². The van der Waals surface area contributed by atoms with Gasteiger partial charge in [-0.1, -0.05) is 18.2 Å². The Kier molecular flexibility index (Phi) is 1.59. The zero-order valence-electron chi connectivity index (χ0n) is 8.03. The molecule has 0 aromatic heterocycles. The molecule has 0 amide bonds. The first-order chi connectivity index (χ1) is 6.73. The maximum absolute atomic E-state index is 9.30. The van der Waals surface area contributed by atoms with Crippen LogP contribution in [0.15, 0.2) is 18.2 Å². The predicted octanol–water partition coefficient (Wildman–Crippen LogP) is 0.344. The molecule has 14 heavy (non-hydrogen) atoms. The molecule has 1 fully saturated rings. The molecule has 2 aliphatic carbocycles. The molecule has 2 aliphatic rings. The average Bonchev–Trinajstić information content (AvgIpc) is 2.84. The van der Waals surface area contributed by atoms with E-state index in [-0.39, 0.29) is 0 Å². The van der Waals surface area contributed by atoms with Gasteiger partial charge in [-0.25, -0.2) is 0 Å². The zero-order chi connectivity index (χ0) is 9.76. The van der Waals surface area contributed by atoms with Crippen LogP contribution in [-0.2, 0) is 11.8 Å². The number of hydrogen-bond acceptors (Lipinski definition) is 2. The monoisotopic (exact) mass is 188 g/mol. The summed E-state index contributed by atoms with van der Waals surface area (Å²) in [6, 6.07) is 5.89. The lowest BCUT2D eigenvalue weighted by atomic mass is 9.73. The Labute approximate surface area is 83.7 Å². The summed E-state index contributed by atoms with van der Waals surface area (Å²) in [6.45, 7) is 0. The summed E-state index contributed by atoms with van der Waals surface area (Å²) in [6.07, 6.45) is 4.76. The molecule has 3 heteroatoms. The minimum Gasteiger partial charge on any atom is -0.423 e. The molecule has 0 radical (unpaired) electrons. The third-order valence-corrected chi connectivity index (χ3v) is 3.72. The van der Waals surface area contributed by atoms with E-state index >= 15 is 0 Å². The van der Waals surface area contributed by atoms with Gasteiger partial charge in [-0.3, -0.25) is 0 Å². The summed E-state index contributed by atoms with van der Waals surface area (Å²) in [5.41, 5.74) is 3.64.